The molecule has 66 valence electrons. The van der Waals surface area contributed by atoms with Gasteiger partial charge in [-0.05, 0) is 19.1 Å². The number of esters is 1. The lowest BCUT2D eigenvalue weighted by atomic mass is 10.1. The van der Waals surface area contributed by atoms with E-state index in [9.17, 15) is 4.79 Å². The van der Waals surface area contributed by atoms with Crippen LogP contribution in [0, 0.1) is 6.92 Å². The molecule has 0 aliphatic carbocycles. The summed E-state index contributed by atoms with van der Waals surface area (Å²) in [5.41, 5.74) is 1.43. The fourth-order valence-corrected chi connectivity index (χ4v) is 1.22. The third-order valence-corrected chi connectivity index (χ3v) is 1.92. The zero-order chi connectivity index (χ0) is 9.84. The number of aryl methyl sites for hydroxylation is 1. The van der Waals surface area contributed by atoms with E-state index in [1.54, 1.807) is 12.1 Å². The first-order valence-corrected chi connectivity index (χ1v) is 4.22. The summed E-state index contributed by atoms with van der Waals surface area (Å²) < 4.78 is 9.54. The number of methoxy groups -OCH3 is 1. The summed E-state index contributed by atoms with van der Waals surface area (Å²) in [5, 5.41) is 0. The molecule has 1 rings (SSSR count). The van der Waals surface area contributed by atoms with Crippen molar-refractivity contribution in [2.75, 3.05) is 7.11 Å². The van der Waals surface area contributed by atoms with E-state index in [2.05, 4.69) is 21.4 Å². The van der Waals surface area contributed by atoms with Crippen molar-refractivity contribution in [2.45, 2.75) is 6.92 Å². The van der Waals surface area contributed by atoms with E-state index < -0.39 is 0 Å². The van der Waals surface area contributed by atoms with Gasteiger partial charge in [0.1, 0.15) is 0 Å². The molecule has 0 unspecified atom stereocenters. The number of hydrogen-bond donors (Lipinski definition) is 0. The SMILES string of the molecule is COC(=O)c1cc(C)ccc1[O][Al]. The number of rotatable bonds is 2. The van der Waals surface area contributed by atoms with Crippen LogP contribution in [0.3, 0.4) is 0 Å². The molecule has 0 heterocycles. The number of ether oxygens (including phenoxy) is 1. The molecule has 0 fully saturated rings. The van der Waals surface area contributed by atoms with Gasteiger partial charge in [-0.15, -0.1) is 0 Å². The molecule has 1 aromatic rings. The van der Waals surface area contributed by atoms with Crippen molar-refractivity contribution in [3.63, 3.8) is 0 Å². The lowest BCUT2D eigenvalue weighted by molar-refractivity contribution is 0.0598. The van der Waals surface area contributed by atoms with Gasteiger partial charge >= 0.3 is 22.6 Å². The molecule has 0 aromatic heterocycles. The molecule has 0 bridgehead atoms. The highest BCUT2D eigenvalue weighted by molar-refractivity contribution is 6.02. The van der Waals surface area contributed by atoms with Gasteiger partial charge in [0.25, 0.3) is 0 Å². The van der Waals surface area contributed by atoms with Gasteiger partial charge in [0.2, 0.25) is 0 Å². The van der Waals surface area contributed by atoms with Crippen LogP contribution in [-0.4, -0.2) is 29.7 Å². The number of benzene rings is 1. The van der Waals surface area contributed by atoms with E-state index >= 15 is 0 Å². The quantitative estimate of drug-likeness (QED) is 0.522. The molecular weight excluding hydrogens is 183 g/mol. The van der Waals surface area contributed by atoms with Crippen molar-refractivity contribution < 1.29 is 13.3 Å². The lowest BCUT2D eigenvalue weighted by Crippen LogP contribution is -2.04. The smallest absolute Gasteiger partial charge is 0.482 e. The third kappa shape index (κ3) is 2.24. The van der Waals surface area contributed by atoms with Gasteiger partial charge in [0, 0.05) is 0 Å². The average Bonchev–Trinajstić information content (AvgIpc) is 2.16. The molecule has 3 nitrogen and oxygen atoms in total. The second kappa shape index (κ2) is 4.31. The second-order valence-corrected chi connectivity index (χ2v) is 2.84. The predicted molar refractivity (Wildman–Crippen MR) is 48.9 cm³/mol. The normalized spacial score (nSPS) is 9.38. The monoisotopic (exact) mass is 192 g/mol. The first-order valence-electron chi connectivity index (χ1n) is 3.74. The zero-order valence-corrected chi connectivity index (χ0v) is 8.69. The third-order valence-electron chi connectivity index (χ3n) is 1.67. The standard InChI is InChI=1S/C9H10O3.Al/c1-6-3-4-8(10)7(5-6)9(11)12-2;/h3-5,10H,1-2H3;/q;+1/p-1. The van der Waals surface area contributed by atoms with E-state index in [1.165, 1.54) is 7.11 Å². The van der Waals surface area contributed by atoms with Crippen LogP contribution in [0.1, 0.15) is 15.9 Å². The summed E-state index contributed by atoms with van der Waals surface area (Å²) in [7, 11) is 1.34. The van der Waals surface area contributed by atoms with Gasteiger partial charge in [-0.25, -0.2) is 4.79 Å². The molecule has 0 atom stereocenters. The van der Waals surface area contributed by atoms with Gasteiger partial charge < -0.3 is 8.53 Å². The molecule has 0 spiro atoms. The van der Waals surface area contributed by atoms with Crippen LogP contribution in [0.5, 0.6) is 5.75 Å². The first kappa shape index (κ1) is 10.1. The summed E-state index contributed by atoms with van der Waals surface area (Å²) in [5.74, 6) is 0.114. The number of carbonyl (C=O) groups excluding carboxylic acids is 1. The van der Waals surface area contributed by atoms with E-state index in [1.807, 2.05) is 13.0 Å². The maximum Gasteiger partial charge on any atom is 0.482 e. The Morgan fingerprint density at radius 2 is 2.15 bits per heavy atom. The van der Waals surface area contributed by atoms with Gasteiger partial charge in [-0.3, -0.25) is 0 Å². The van der Waals surface area contributed by atoms with Gasteiger partial charge in [-0.2, -0.15) is 0 Å². The summed E-state index contributed by atoms with van der Waals surface area (Å²) in [6.45, 7) is 1.90. The molecule has 1 aromatic carbocycles. The van der Waals surface area contributed by atoms with Crippen molar-refractivity contribution in [1.82, 2.24) is 0 Å². The fraction of sp³-hybridized carbons (Fsp3) is 0.222. The Labute approximate surface area is 85.4 Å². The highest BCUT2D eigenvalue weighted by Gasteiger charge is 2.10. The van der Waals surface area contributed by atoms with Crippen molar-refractivity contribution in [2.24, 2.45) is 0 Å². The van der Waals surface area contributed by atoms with Crippen LogP contribution < -0.4 is 3.79 Å². The van der Waals surface area contributed by atoms with Gasteiger partial charge in [0.05, 0.1) is 18.4 Å². The Morgan fingerprint density at radius 3 is 2.69 bits per heavy atom. The summed E-state index contributed by atoms with van der Waals surface area (Å²) >= 11 is 2.10. The minimum Gasteiger partial charge on any atom is -0.653 e. The van der Waals surface area contributed by atoms with Crippen LogP contribution in [0.4, 0.5) is 0 Å². The molecule has 0 saturated heterocycles. The molecule has 0 N–H and O–H groups in total. The van der Waals surface area contributed by atoms with Gasteiger partial charge in [-0.1, -0.05) is 11.6 Å². The lowest BCUT2D eigenvalue weighted by Gasteiger charge is -2.08. The van der Waals surface area contributed by atoms with Gasteiger partial charge in [0.15, 0.2) is 0 Å². The van der Waals surface area contributed by atoms with Crippen LogP contribution in [0.2, 0.25) is 0 Å². The topological polar surface area (TPSA) is 35.5 Å². The first-order chi connectivity index (χ1) is 6.19. The van der Waals surface area contributed by atoms with Crippen molar-refractivity contribution >= 4 is 22.6 Å². The highest BCUT2D eigenvalue weighted by Crippen LogP contribution is 2.19. The fourth-order valence-electron chi connectivity index (χ4n) is 1.02. The molecule has 2 radical (unpaired) electrons. The highest BCUT2D eigenvalue weighted by atomic mass is 27.1. The van der Waals surface area contributed by atoms with E-state index in [-0.39, 0.29) is 5.97 Å². The van der Waals surface area contributed by atoms with Crippen LogP contribution in [0.25, 0.3) is 0 Å². The Bertz CT molecular complexity index is 323. The minimum atomic E-state index is -0.388. The largest absolute Gasteiger partial charge is 0.653 e. The molecular formula is C9H9AlO3. The molecule has 0 aliphatic rings. The van der Waals surface area contributed by atoms with Crippen molar-refractivity contribution in [1.29, 1.82) is 0 Å². The predicted octanol–water partition coefficient (Wildman–Crippen LogP) is 1.24. The minimum absolute atomic E-state index is 0.388. The van der Waals surface area contributed by atoms with Crippen LogP contribution in [0.15, 0.2) is 18.2 Å². The van der Waals surface area contributed by atoms with Crippen LogP contribution >= 0.6 is 0 Å². The summed E-state index contributed by atoms with van der Waals surface area (Å²) in [6.07, 6.45) is 0. The summed E-state index contributed by atoms with van der Waals surface area (Å²) in [4.78, 5) is 11.2. The Balaban J connectivity index is 3.15. The Kier molecular flexibility index (Phi) is 3.35. The molecule has 4 heteroatoms. The summed E-state index contributed by atoms with van der Waals surface area (Å²) in [6, 6.07) is 5.33. The number of carbonyl (C=O) groups is 1. The molecule has 0 saturated carbocycles. The molecule has 13 heavy (non-hydrogen) atoms. The van der Waals surface area contributed by atoms with Crippen LogP contribution in [-0.2, 0) is 4.74 Å². The number of hydrogen-bond acceptors (Lipinski definition) is 3. The van der Waals surface area contributed by atoms with E-state index in [0.29, 0.717) is 11.3 Å². The van der Waals surface area contributed by atoms with E-state index in [0.717, 1.165) is 5.56 Å². The average molecular weight is 192 g/mol. The Morgan fingerprint density at radius 1 is 1.46 bits per heavy atom. The second-order valence-electron chi connectivity index (χ2n) is 2.61. The van der Waals surface area contributed by atoms with E-state index in [4.69, 9.17) is 3.79 Å². The van der Waals surface area contributed by atoms with Crippen molar-refractivity contribution in [3.8, 4) is 5.75 Å². The zero-order valence-electron chi connectivity index (χ0n) is 7.53. The molecule has 0 aliphatic heterocycles. The Hall–Kier alpha value is -0.978. The molecule has 0 amide bonds. The van der Waals surface area contributed by atoms with Crippen molar-refractivity contribution in [3.05, 3.63) is 29.3 Å². The maximum absolute atomic E-state index is 11.2. The maximum atomic E-state index is 11.2.